The summed E-state index contributed by atoms with van der Waals surface area (Å²) in [6.07, 6.45) is 0.637. The fourth-order valence-corrected chi connectivity index (χ4v) is 1.78. The van der Waals surface area contributed by atoms with Crippen LogP contribution in [-0.4, -0.2) is 24.3 Å². The Balaban J connectivity index is 2.54. The van der Waals surface area contributed by atoms with Crippen molar-refractivity contribution in [3.05, 3.63) is 28.8 Å². The second kappa shape index (κ2) is 6.78. The monoisotopic (exact) mass is 284 g/mol. The van der Waals surface area contributed by atoms with Crippen molar-refractivity contribution in [1.29, 1.82) is 0 Å². The standard InChI is InChI=1S/C14H21ClN2O2/c1-10-4-5-11(15)12(8-10)17-13(19)16-9-14(2,3)6-7-18/h4-5,8,18H,6-7,9H2,1-3H3,(H2,16,17,19). The number of hydrogen-bond acceptors (Lipinski definition) is 2. The van der Waals surface area contributed by atoms with E-state index in [0.717, 1.165) is 5.56 Å². The first-order chi connectivity index (χ1) is 8.84. The molecule has 1 rings (SSSR count). The Morgan fingerprint density at radius 1 is 1.42 bits per heavy atom. The van der Waals surface area contributed by atoms with Crippen LogP contribution in [-0.2, 0) is 0 Å². The largest absolute Gasteiger partial charge is 0.396 e. The molecule has 0 aromatic heterocycles. The topological polar surface area (TPSA) is 61.4 Å². The van der Waals surface area contributed by atoms with E-state index >= 15 is 0 Å². The van der Waals surface area contributed by atoms with Crippen LogP contribution in [0, 0.1) is 12.3 Å². The number of carbonyl (C=O) groups is 1. The van der Waals surface area contributed by atoms with Gasteiger partial charge in [-0.1, -0.05) is 31.5 Å². The molecule has 4 nitrogen and oxygen atoms in total. The zero-order chi connectivity index (χ0) is 14.5. The molecule has 106 valence electrons. The van der Waals surface area contributed by atoms with Gasteiger partial charge in [0.05, 0.1) is 10.7 Å². The minimum absolute atomic E-state index is 0.111. The van der Waals surface area contributed by atoms with E-state index in [1.54, 1.807) is 6.07 Å². The van der Waals surface area contributed by atoms with Gasteiger partial charge < -0.3 is 15.7 Å². The number of anilines is 1. The number of nitrogens with one attached hydrogen (secondary N) is 2. The van der Waals surface area contributed by atoms with Crippen molar-refractivity contribution < 1.29 is 9.90 Å². The van der Waals surface area contributed by atoms with Gasteiger partial charge >= 0.3 is 6.03 Å². The van der Waals surface area contributed by atoms with Crippen LogP contribution in [0.25, 0.3) is 0 Å². The molecule has 0 aliphatic rings. The molecule has 0 heterocycles. The summed E-state index contributed by atoms with van der Waals surface area (Å²) in [6, 6.07) is 5.16. The van der Waals surface area contributed by atoms with Gasteiger partial charge in [-0.25, -0.2) is 4.79 Å². The fraction of sp³-hybridized carbons (Fsp3) is 0.500. The van der Waals surface area contributed by atoms with Crippen LogP contribution in [0.2, 0.25) is 5.02 Å². The average molecular weight is 285 g/mol. The highest BCUT2D eigenvalue weighted by Gasteiger charge is 2.18. The van der Waals surface area contributed by atoms with E-state index in [4.69, 9.17) is 16.7 Å². The van der Waals surface area contributed by atoms with Gasteiger partial charge in [0.1, 0.15) is 0 Å². The van der Waals surface area contributed by atoms with E-state index in [2.05, 4.69) is 10.6 Å². The van der Waals surface area contributed by atoms with Crippen LogP contribution in [0.5, 0.6) is 0 Å². The molecule has 0 atom stereocenters. The lowest BCUT2D eigenvalue weighted by Gasteiger charge is -2.24. The van der Waals surface area contributed by atoms with E-state index in [0.29, 0.717) is 23.7 Å². The molecule has 0 spiro atoms. The summed E-state index contributed by atoms with van der Waals surface area (Å²) in [4.78, 5) is 11.8. The number of rotatable bonds is 5. The van der Waals surface area contributed by atoms with Gasteiger partial charge in [-0.15, -0.1) is 0 Å². The highest BCUT2D eigenvalue weighted by Crippen LogP contribution is 2.23. The normalized spacial score (nSPS) is 11.2. The van der Waals surface area contributed by atoms with Gasteiger partial charge in [0, 0.05) is 13.2 Å². The van der Waals surface area contributed by atoms with Crippen molar-refractivity contribution in [2.45, 2.75) is 27.2 Å². The number of halogens is 1. The summed E-state index contributed by atoms with van der Waals surface area (Å²) in [5.74, 6) is 0. The Morgan fingerprint density at radius 2 is 2.11 bits per heavy atom. The number of aliphatic hydroxyl groups is 1. The molecule has 0 unspecified atom stereocenters. The van der Waals surface area contributed by atoms with Crippen molar-refractivity contribution in [3.63, 3.8) is 0 Å². The summed E-state index contributed by atoms with van der Waals surface area (Å²) in [6.45, 7) is 6.51. The Labute approximate surface area is 119 Å². The Kier molecular flexibility index (Phi) is 5.63. The molecule has 2 amide bonds. The molecule has 19 heavy (non-hydrogen) atoms. The Morgan fingerprint density at radius 3 is 2.74 bits per heavy atom. The van der Waals surface area contributed by atoms with Crippen molar-refractivity contribution >= 4 is 23.3 Å². The van der Waals surface area contributed by atoms with Crippen LogP contribution < -0.4 is 10.6 Å². The first-order valence-electron chi connectivity index (χ1n) is 6.26. The number of amides is 2. The molecule has 5 heteroatoms. The molecule has 0 bridgehead atoms. The highest BCUT2D eigenvalue weighted by molar-refractivity contribution is 6.33. The summed E-state index contributed by atoms with van der Waals surface area (Å²) in [5, 5.41) is 14.9. The van der Waals surface area contributed by atoms with Crippen molar-refractivity contribution in [2.75, 3.05) is 18.5 Å². The molecular formula is C14H21ClN2O2. The molecule has 1 aromatic rings. The van der Waals surface area contributed by atoms with Gasteiger partial charge in [0.15, 0.2) is 0 Å². The third-order valence-corrected chi connectivity index (χ3v) is 3.22. The van der Waals surface area contributed by atoms with E-state index in [-0.39, 0.29) is 18.1 Å². The van der Waals surface area contributed by atoms with Gasteiger partial charge in [-0.2, -0.15) is 0 Å². The lowest BCUT2D eigenvalue weighted by Crippen LogP contribution is -2.37. The lowest BCUT2D eigenvalue weighted by atomic mass is 9.90. The van der Waals surface area contributed by atoms with Gasteiger partial charge in [-0.3, -0.25) is 0 Å². The zero-order valence-corrected chi connectivity index (χ0v) is 12.3. The second-order valence-corrected chi connectivity index (χ2v) is 5.84. The van der Waals surface area contributed by atoms with Crippen LogP contribution in [0.1, 0.15) is 25.8 Å². The Bertz CT molecular complexity index is 447. The van der Waals surface area contributed by atoms with Crippen molar-refractivity contribution in [2.24, 2.45) is 5.41 Å². The third kappa shape index (κ3) is 5.49. The van der Waals surface area contributed by atoms with Crippen LogP contribution in [0.3, 0.4) is 0 Å². The maximum absolute atomic E-state index is 11.8. The molecule has 0 fully saturated rings. The van der Waals surface area contributed by atoms with Gasteiger partial charge in [0.25, 0.3) is 0 Å². The molecule has 0 aliphatic heterocycles. The number of benzene rings is 1. The van der Waals surface area contributed by atoms with Crippen LogP contribution >= 0.6 is 11.6 Å². The summed E-state index contributed by atoms with van der Waals surface area (Å²) < 4.78 is 0. The summed E-state index contributed by atoms with van der Waals surface area (Å²) in [5.41, 5.74) is 1.49. The SMILES string of the molecule is Cc1ccc(Cl)c(NC(=O)NCC(C)(C)CCO)c1. The van der Waals surface area contributed by atoms with Crippen LogP contribution in [0.15, 0.2) is 18.2 Å². The molecule has 1 aromatic carbocycles. The first kappa shape index (κ1) is 15.8. The van der Waals surface area contributed by atoms with E-state index in [9.17, 15) is 4.79 Å². The highest BCUT2D eigenvalue weighted by atomic mass is 35.5. The number of urea groups is 1. The number of aryl methyl sites for hydroxylation is 1. The second-order valence-electron chi connectivity index (χ2n) is 5.43. The van der Waals surface area contributed by atoms with Gasteiger partial charge in [-0.05, 0) is 36.5 Å². The predicted molar refractivity (Wildman–Crippen MR) is 78.7 cm³/mol. The quantitative estimate of drug-likeness (QED) is 0.778. The molecular weight excluding hydrogens is 264 g/mol. The number of aliphatic hydroxyl groups excluding tert-OH is 1. The van der Waals surface area contributed by atoms with E-state index in [1.165, 1.54) is 0 Å². The zero-order valence-electron chi connectivity index (χ0n) is 11.6. The molecule has 0 saturated carbocycles. The summed E-state index contributed by atoms with van der Waals surface area (Å²) in [7, 11) is 0. The van der Waals surface area contributed by atoms with E-state index in [1.807, 2.05) is 32.9 Å². The van der Waals surface area contributed by atoms with Crippen LogP contribution in [0.4, 0.5) is 10.5 Å². The third-order valence-electron chi connectivity index (χ3n) is 2.89. The smallest absolute Gasteiger partial charge is 0.319 e. The minimum atomic E-state index is -0.293. The van der Waals surface area contributed by atoms with Crippen molar-refractivity contribution in [1.82, 2.24) is 5.32 Å². The van der Waals surface area contributed by atoms with Gasteiger partial charge in [0.2, 0.25) is 0 Å². The maximum Gasteiger partial charge on any atom is 0.319 e. The molecule has 0 aliphatic carbocycles. The van der Waals surface area contributed by atoms with E-state index < -0.39 is 0 Å². The first-order valence-corrected chi connectivity index (χ1v) is 6.64. The lowest BCUT2D eigenvalue weighted by molar-refractivity contribution is 0.204. The molecule has 0 saturated heterocycles. The molecule has 0 radical (unpaired) electrons. The van der Waals surface area contributed by atoms with Crippen molar-refractivity contribution in [3.8, 4) is 0 Å². The number of carbonyl (C=O) groups excluding carboxylic acids is 1. The average Bonchev–Trinajstić information content (AvgIpc) is 2.31. The Hall–Kier alpha value is -1.26. The fourth-order valence-electron chi connectivity index (χ4n) is 1.61. The maximum atomic E-state index is 11.8. The minimum Gasteiger partial charge on any atom is -0.396 e. The number of hydrogen-bond donors (Lipinski definition) is 3. The molecule has 3 N–H and O–H groups in total. The predicted octanol–water partition coefficient (Wildman–Crippen LogP) is 3.18. The summed E-state index contributed by atoms with van der Waals surface area (Å²) >= 11 is 6.00.